The van der Waals surface area contributed by atoms with Gasteiger partial charge in [0.25, 0.3) is 5.56 Å². The number of hydrogen-bond acceptors (Lipinski definition) is 5. The fourth-order valence-corrected chi connectivity index (χ4v) is 3.08. The second-order valence-corrected chi connectivity index (χ2v) is 6.71. The summed E-state index contributed by atoms with van der Waals surface area (Å²) in [5, 5.41) is 4.06. The molecule has 0 fully saturated rings. The van der Waals surface area contributed by atoms with Crippen LogP contribution in [0.4, 0.5) is 11.9 Å². The molecular formula is C20H25N5O. The van der Waals surface area contributed by atoms with E-state index in [1.165, 1.54) is 0 Å². The van der Waals surface area contributed by atoms with Crippen LogP contribution in [-0.2, 0) is 6.42 Å². The highest BCUT2D eigenvalue weighted by Gasteiger charge is 2.10. The van der Waals surface area contributed by atoms with Gasteiger partial charge in [0.2, 0.25) is 11.9 Å². The van der Waals surface area contributed by atoms with E-state index in [0.29, 0.717) is 11.9 Å². The van der Waals surface area contributed by atoms with Gasteiger partial charge in [-0.25, -0.2) is 15.0 Å². The summed E-state index contributed by atoms with van der Waals surface area (Å²) >= 11 is 0. The molecule has 2 heterocycles. The molecule has 6 heteroatoms. The number of H-pyrrole nitrogens is 1. The van der Waals surface area contributed by atoms with E-state index in [-0.39, 0.29) is 5.56 Å². The number of rotatable bonds is 6. The summed E-state index contributed by atoms with van der Waals surface area (Å²) in [6.07, 6.45) is 4.00. The normalized spacial score (nSPS) is 11.1. The van der Waals surface area contributed by atoms with Crippen LogP contribution in [0.25, 0.3) is 10.9 Å². The van der Waals surface area contributed by atoms with Gasteiger partial charge < -0.3 is 0 Å². The van der Waals surface area contributed by atoms with Crippen molar-refractivity contribution in [1.82, 2.24) is 19.9 Å². The van der Waals surface area contributed by atoms with Gasteiger partial charge in [-0.3, -0.25) is 15.1 Å². The Balaban J connectivity index is 1.89. The average molecular weight is 351 g/mol. The molecule has 2 N–H and O–H groups in total. The summed E-state index contributed by atoms with van der Waals surface area (Å²) in [7, 11) is 0. The lowest BCUT2D eigenvalue weighted by Crippen LogP contribution is -2.18. The Kier molecular flexibility index (Phi) is 5.30. The first-order valence-electron chi connectivity index (χ1n) is 9.09. The number of fused-ring (bicyclic) bond motifs is 1. The van der Waals surface area contributed by atoms with E-state index in [1.54, 1.807) is 0 Å². The molecular weight excluding hydrogens is 326 g/mol. The van der Waals surface area contributed by atoms with Crippen LogP contribution in [-0.4, -0.2) is 19.9 Å². The number of aromatic nitrogens is 4. The summed E-state index contributed by atoms with van der Waals surface area (Å²) in [6.45, 7) is 8.00. The summed E-state index contributed by atoms with van der Waals surface area (Å²) in [6, 6.07) is 6.10. The van der Waals surface area contributed by atoms with Crippen molar-refractivity contribution in [2.24, 2.45) is 0 Å². The smallest absolute Gasteiger partial charge is 0.255 e. The van der Waals surface area contributed by atoms with Gasteiger partial charge in [-0.2, -0.15) is 0 Å². The zero-order chi connectivity index (χ0) is 18.7. The maximum Gasteiger partial charge on any atom is 0.255 e. The molecule has 0 saturated heterocycles. The third-order valence-electron chi connectivity index (χ3n) is 4.53. The molecule has 3 rings (SSSR count). The number of anilines is 2. The number of aryl methyl sites for hydroxylation is 3. The molecule has 0 radical (unpaired) electrons. The zero-order valence-electron chi connectivity index (χ0n) is 15.8. The van der Waals surface area contributed by atoms with E-state index in [4.69, 9.17) is 0 Å². The minimum atomic E-state index is -0.0931. The molecule has 136 valence electrons. The van der Waals surface area contributed by atoms with Gasteiger partial charge in [0, 0.05) is 16.6 Å². The lowest BCUT2D eigenvalue weighted by Gasteiger charge is -2.10. The number of unbranched alkanes of at least 4 members (excludes halogenated alkanes) is 2. The zero-order valence-corrected chi connectivity index (χ0v) is 15.8. The van der Waals surface area contributed by atoms with E-state index in [1.807, 2.05) is 39.0 Å². The van der Waals surface area contributed by atoms with Gasteiger partial charge in [0.1, 0.15) is 0 Å². The molecule has 0 aliphatic carbocycles. The predicted octanol–water partition coefficient (Wildman–Crippen LogP) is 4.11. The lowest BCUT2D eigenvalue weighted by molar-refractivity contribution is 0.707. The first-order valence-corrected chi connectivity index (χ1v) is 9.09. The summed E-state index contributed by atoms with van der Waals surface area (Å²) < 4.78 is 0. The molecule has 0 bridgehead atoms. The topological polar surface area (TPSA) is 83.6 Å². The van der Waals surface area contributed by atoms with Gasteiger partial charge in [-0.05, 0) is 45.2 Å². The molecule has 26 heavy (non-hydrogen) atoms. The fraction of sp³-hybridized carbons (Fsp3) is 0.400. The van der Waals surface area contributed by atoms with Crippen LogP contribution in [0, 0.1) is 20.8 Å². The number of benzene rings is 1. The minimum absolute atomic E-state index is 0.0931. The van der Waals surface area contributed by atoms with E-state index in [0.717, 1.165) is 59.1 Å². The van der Waals surface area contributed by atoms with Crippen LogP contribution in [0.1, 0.15) is 48.7 Å². The summed E-state index contributed by atoms with van der Waals surface area (Å²) in [5.41, 5.74) is 4.31. The number of aromatic amines is 1. The largest absolute Gasteiger partial charge is 0.294 e. The highest BCUT2D eigenvalue weighted by Crippen LogP contribution is 2.19. The third-order valence-corrected chi connectivity index (χ3v) is 4.53. The number of hydrogen-bond donors (Lipinski definition) is 2. The Morgan fingerprint density at radius 3 is 2.58 bits per heavy atom. The Bertz CT molecular complexity index is 993. The Morgan fingerprint density at radius 2 is 1.85 bits per heavy atom. The summed E-state index contributed by atoms with van der Waals surface area (Å²) in [4.78, 5) is 28.7. The second-order valence-electron chi connectivity index (χ2n) is 6.71. The lowest BCUT2D eigenvalue weighted by atomic mass is 10.1. The first kappa shape index (κ1) is 18.0. The standard InChI is InChI=1S/C20H25N5O/c1-5-6-7-8-16-14(4)22-20(24-18(16)26)25-19-21-13(3)15-10-9-12(2)11-17(15)23-19/h9-11H,5-8H2,1-4H3,(H2,21,22,23,24,25,26). The quantitative estimate of drug-likeness (QED) is 0.653. The highest BCUT2D eigenvalue weighted by molar-refractivity contribution is 5.82. The van der Waals surface area contributed by atoms with E-state index < -0.39 is 0 Å². The fourth-order valence-electron chi connectivity index (χ4n) is 3.08. The van der Waals surface area contributed by atoms with Crippen molar-refractivity contribution in [1.29, 1.82) is 0 Å². The van der Waals surface area contributed by atoms with E-state index in [2.05, 4.69) is 32.2 Å². The van der Waals surface area contributed by atoms with Gasteiger partial charge in [0.05, 0.1) is 11.2 Å². The van der Waals surface area contributed by atoms with Crippen LogP contribution >= 0.6 is 0 Å². The second kappa shape index (κ2) is 7.64. The van der Waals surface area contributed by atoms with Crippen LogP contribution < -0.4 is 10.9 Å². The van der Waals surface area contributed by atoms with E-state index >= 15 is 0 Å². The van der Waals surface area contributed by atoms with Crippen LogP contribution in [0.3, 0.4) is 0 Å². The Morgan fingerprint density at radius 1 is 1.04 bits per heavy atom. The van der Waals surface area contributed by atoms with Crippen molar-refractivity contribution < 1.29 is 0 Å². The molecule has 0 spiro atoms. The maximum atomic E-state index is 12.4. The average Bonchev–Trinajstić information content (AvgIpc) is 2.57. The molecule has 0 aliphatic rings. The molecule has 1 aromatic carbocycles. The molecule has 0 atom stereocenters. The van der Waals surface area contributed by atoms with Crippen molar-refractivity contribution >= 4 is 22.8 Å². The molecule has 0 amide bonds. The van der Waals surface area contributed by atoms with Crippen LogP contribution in [0.2, 0.25) is 0 Å². The summed E-state index contributed by atoms with van der Waals surface area (Å²) in [5.74, 6) is 0.806. The van der Waals surface area contributed by atoms with Crippen molar-refractivity contribution in [3.63, 3.8) is 0 Å². The monoisotopic (exact) mass is 351 g/mol. The van der Waals surface area contributed by atoms with Gasteiger partial charge in [-0.1, -0.05) is 31.9 Å². The first-order chi connectivity index (χ1) is 12.5. The van der Waals surface area contributed by atoms with Crippen LogP contribution in [0.5, 0.6) is 0 Å². The molecule has 2 aromatic heterocycles. The van der Waals surface area contributed by atoms with Crippen molar-refractivity contribution in [2.75, 3.05) is 5.32 Å². The number of nitrogens with zero attached hydrogens (tertiary/aromatic N) is 3. The third kappa shape index (κ3) is 3.90. The van der Waals surface area contributed by atoms with Gasteiger partial charge >= 0.3 is 0 Å². The molecule has 3 aromatic rings. The van der Waals surface area contributed by atoms with Crippen LogP contribution in [0.15, 0.2) is 23.0 Å². The molecule has 6 nitrogen and oxygen atoms in total. The van der Waals surface area contributed by atoms with Crippen molar-refractivity contribution in [3.05, 3.63) is 51.1 Å². The minimum Gasteiger partial charge on any atom is -0.294 e. The van der Waals surface area contributed by atoms with Gasteiger partial charge in [-0.15, -0.1) is 0 Å². The van der Waals surface area contributed by atoms with Crippen molar-refractivity contribution in [3.8, 4) is 0 Å². The Labute approximate surface area is 153 Å². The Hall–Kier alpha value is -2.76. The maximum absolute atomic E-state index is 12.4. The van der Waals surface area contributed by atoms with Crippen molar-refractivity contribution in [2.45, 2.75) is 53.4 Å². The molecule has 0 aliphatic heterocycles. The predicted molar refractivity (Wildman–Crippen MR) is 105 cm³/mol. The highest BCUT2D eigenvalue weighted by atomic mass is 16.1. The number of nitrogens with one attached hydrogen (secondary N) is 2. The SMILES string of the molecule is CCCCCc1c(C)nc(Nc2nc(C)c3ccc(C)cc3n2)[nH]c1=O. The molecule has 0 saturated carbocycles. The van der Waals surface area contributed by atoms with E-state index in [9.17, 15) is 4.79 Å². The van der Waals surface area contributed by atoms with Gasteiger partial charge in [0.15, 0.2) is 0 Å². The molecule has 0 unspecified atom stereocenters.